The van der Waals surface area contributed by atoms with Crippen LogP contribution in [0.15, 0.2) is 42.5 Å². The van der Waals surface area contributed by atoms with Gasteiger partial charge in [-0.05, 0) is 79.8 Å². The van der Waals surface area contributed by atoms with Crippen LogP contribution in [0.1, 0.15) is 67.2 Å². The fourth-order valence-corrected chi connectivity index (χ4v) is 6.03. The summed E-state index contributed by atoms with van der Waals surface area (Å²) < 4.78 is 41.2. The van der Waals surface area contributed by atoms with Gasteiger partial charge in [-0.15, -0.1) is 0 Å². The van der Waals surface area contributed by atoms with Crippen LogP contribution in [0, 0.1) is 5.92 Å². The van der Waals surface area contributed by atoms with Gasteiger partial charge in [0.2, 0.25) is 5.91 Å². The third-order valence-corrected chi connectivity index (χ3v) is 8.43. The Kier molecular flexibility index (Phi) is 9.13. The van der Waals surface area contributed by atoms with Gasteiger partial charge in [0.05, 0.1) is 12.1 Å². The topological polar surface area (TPSA) is 47.6 Å². The van der Waals surface area contributed by atoms with Crippen molar-refractivity contribution in [3.05, 3.63) is 64.7 Å². The van der Waals surface area contributed by atoms with Gasteiger partial charge in [0, 0.05) is 44.5 Å². The minimum atomic E-state index is -4.46. The Bertz CT molecular complexity index is 1110. The van der Waals surface area contributed by atoms with E-state index in [0.29, 0.717) is 6.54 Å². The van der Waals surface area contributed by atoms with Gasteiger partial charge in [-0.3, -0.25) is 9.69 Å². The second-order valence-electron chi connectivity index (χ2n) is 11.5. The maximum absolute atomic E-state index is 13.7. The van der Waals surface area contributed by atoms with Crippen molar-refractivity contribution < 1.29 is 18.0 Å². The molecule has 5 rings (SSSR count). The average molecular weight is 543 g/mol. The lowest BCUT2D eigenvalue weighted by Gasteiger charge is -2.30. The van der Waals surface area contributed by atoms with Crippen molar-refractivity contribution in [3.63, 3.8) is 0 Å². The number of rotatable bonds is 10. The molecular weight excluding hydrogens is 501 g/mol. The smallest absolute Gasteiger partial charge is 0.376 e. The summed E-state index contributed by atoms with van der Waals surface area (Å²) in [6.07, 6.45) is 4.41. The van der Waals surface area contributed by atoms with Gasteiger partial charge in [0.1, 0.15) is 0 Å². The van der Waals surface area contributed by atoms with Crippen LogP contribution in [0.3, 0.4) is 0 Å². The second kappa shape index (κ2) is 12.7. The predicted molar refractivity (Wildman–Crippen MR) is 148 cm³/mol. The second-order valence-corrected chi connectivity index (χ2v) is 11.5. The summed E-state index contributed by atoms with van der Waals surface area (Å²) in [6, 6.07) is 12.1. The number of benzene rings is 2. The summed E-state index contributed by atoms with van der Waals surface area (Å²) in [4.78, 5) is 17.7. The zero-order valence-corrected chi connectivity index (χ0v) is 22.7. The Balaban J connectivity index is 1.27. The molecule has 212 valence electrons. The van der Waals surface area contributed by atoms with Crippen LogP contribution < -0.4 is 10.6 Å². The number of anilines is 1. The van der Waals surface area contributed by atoms with Gasteiger partial charge in [0.25, 0.3) is 0 Å². The summed E-state index contributed by atoms with van der Waals surface area (Å²) in [5.74, 6) is 0.677. The maximum atomic E-state index is 13.7. The van der Waals surface area contributed by atoms with Crippen LogP contribution in [-0.2, 0) is 30.5 Å². The Hall–Kier alpha value is -2.58. The SMILES string of the molecule is O=C(CNc1cccc2c1CCN(CC1CC1)C2)N(CCC1CCCCCN1)Cc1ccccc1C(F)(F)F. The lowest BCUT2D eigenvalue weighted by Crippen LogP contribution is -2.40. The number of nitrogens with one attached hydrogen (secondary N) is 2. The van der Waals surface area contributed by atoms with Crippen LogP contribution >= 0.6 is 0 Å². The Morgan fingerprint density at radius 3 is 2.72 bits per heavy atom. The quantitative estimate of drug-likeness (QED) is 0.396. The van der Waals surface area contributed by atoms with Crippen molar-refractivity contribution in [1.29, 1.82) is 0 Å². The molecule has 2 aromatic rings. The van der Waals surface area contributed by atoms with Crippen molar-refractivity contribution in [1.82, 2.24) is 15.1 Å². The monoisotopic (exact) mass is 542 g/mol. The predicted octanol–water partition coefficient (Wildman–Crippen LogP) is 5.84. The van der Waals surface area contributed by atoms with E-state index in [1.54, 1.807) is 11.0 Å². The first kappa shape index (κ1) is 28.0. The molecule has 1 saturated carbocycles. The molecule has 0 bridgehead atoms. The maximum Gasteiger partial charge on any atom is 0.416 e. The molecular formula is C31H41F3N4O. The van der Waals surface area contributed by atoms with Crippen molar-refractivity contribution in [2.45, 2.75) is 76.7 Å². The van der Waals surface area contributed by atoms with Crippen molar-refractivity contribution >= 4 is 11.6 Å². The standard InChI is InChI=1S/C31H41F3N4O/c32-31(33,34)28-10-4-3-7-25(28)22-38(18-14-26-9-2-1-5-16-35-26)30(39)19-36-29-11-6-8-24-21-37(17-15-27(24)29)20-23-12-13-23/h3-4,6-8,10-11,23,26,35-36H,1-2,5,9,12-22H2. The highest BCUT2D eigenvalue weighted by atomic mass is 19.4. The molecule has 3 aliphatic rings. The van der Waals surface area contributed by atoms with E-state index in [4.69, 9.17) is 0 Å². The highest BCUT2D eigenvalue weighted by Crippen LogP contribution is 2.34. The summed E-state index contributed by atoms with van der Waals surface area (Å²) in [5, 5.41) is 6.90. The third-order valence-electron chi connectivity index (χ3n) is 8.43. The van der Waals surface area contributed by atoms with Gasteiger partial charge in [-0.25, -0.2) is 0 Å². The minimum Gasteiger partial charge on any atom is -0.376 e. The van der Waals surface area contributed by atoms with Crippen molar-refractivity contribution in [2.24, 2.45) is 5.92 Å². The van der Waals surface area contributed by atoms with Gasteiger partial charge in [0.15, 0.2) is 0 Å². The van der Waals surface area contributed by atoms with Gasteiger partial charge in [-0.2, -0.15) is 13.2 Å². The number of hydrogen-bond acceptors (Lipinski definition) is 4. The first-order valence-corrected chi connectivity index (χ1v) is 14.6. The average Bonchev–Trinajstić information content (AvgIpc) is 3.77. The largest absolute Gasteiger partial charge is 0.416 e. The van der Waals surface area contributed by atoms with E-state index in [1.165, 1.54) is 49.1 Å². The minimum absolute atomic E-state index is 0.0497. The molecule has 0 aromatic heterocycles. The normalized spacial score (nSPS) is 20.2. The highest BCUT2D eigenvalue weighted by molar-refractivity contribution is 5.81. The highest BCUT2D eigenvalue weighted by Gasteiger charge is 2.34. The van der Waals surface area contributed by atoms with E-state index >= 15 is 0 Å². The Morgan fingerprint density at radius 1 is 1.05 bits per heavy atom. The lowest BCUT2D eigenvalue weighted by molar-refractivity contribution is -0.139. The Labute approximate surface area is 230 Å². The number of nitrogens with zero attached hydrogens (tertiary/aromatic N) is 2. The number of alkyl halides is 3. The number of halogens is 3. The van der Waals surface area contributed by atoms with Gasteiger partial charge < -0.3 is 15.5 Å². The number of carbonyl (C=O) groups is 1. The third kappa shape index (κ3) is 7.76. The molecule has 39 heavy (non-hydrogen) atoms. The van der Waals surface area contributed by atoms with E-state index in [1.807, 2.05) is 12.1 Å². The molecule has 2 fully saturated rings. The number of fused-ring (bicyclic) bond motifs is 1. The lowest BCUT2D eigenvalue weighted by atomic mass is 9.97. The molecule has 2 N–H and O–H groups in total. The fraction of sp³-hybridized carbons (Fsp3) is 0.581. The van der Waals surface area contributed by atoms with Gasteiger partial charge >= 0.3 is 6.18 Å². The molecule has 0 spiro atoms. The van der Waals surface area contributed by atoms with Crippen LogP contribution in [-0.4, -0.2) is 54.5 Å². The summed E-state index contributed by atoms with van der Waals surface area (Å²) in [6.45, 7) is 4.51. The summed E-state index contributed by atoms with van der Waals surface area (Å²) in [7, 11) is 0. The van der Waals surface area contributed by atoms with E-state index in [0.717, 1.165) is 69.4 Å². The zero-order valence-electron chi connectivity index (χ0n) is 22.7. The zero-order chi connectivity index (χ0) is 27.2. The number of hydrogen-bond donors (Lipinski definition) is 2. The van der Waals surface area contributed by atoms with Crippen LogP contribution in [0.4, 0.5) is 18.9 Å². The van der Waals surface area contributed by atoms with Crippen molar-refractivity contribution in [2.75, 3.05) is 38.0 Å². The number of carbonyl (C=O) groups excluding carboxylic acids is 1. The molecule has 1 saturated heterocycles. The van der Waals surface area contributed by atoms with Gasteiger partial charge in [-0.1, -0.05) is 43.2 Å². The first-order chi connectivity index (χ1) is 18.9. The first-order valence-electron chi connectivity index (χ1n) is 14.6. The summed E-state index contributed by atoms with van der Waals surface area (Å²) in [5.41, 5.74) is 2.99. The van der Waals surface area contributed by atoms with Crippen LogP contribution in [0.2, 0.25) is 0 Å². The van der Waals surface area contributed by atoms with E-state index < -0.39 is 11.7 Å². The number of amides is 1. The van der Waals surface area contributed by atoms with E-state index in [9.17, 15) is 18.0 Å². The Morgan fingerprint density at radius 2 is 1.90 bits per heavy atom. The molecule has 0 radical (unpaired) electrons. The van der Waals surface area contributed by atoms with E-state index in [-0.39, 0.29) is 30.6 Å². The molecule has 2 aliphatic heterocycles. The molecule has 1 atom stereocenters. The van der Waals surface area contributed by atoms with E-state index in [2.05, 4.69) is 21.6 Å². The van der Waals surface area contributed by atoms with Crippen LogP contribution in [0.25, 0.3) is 0 Å². The molecule has 1 unspecified atom stereocenters. The molecule has 1 aliphatic carbocycles. The fourth-order valence-electron chi connectivity index (χ4n) is 6.03. The summed E-state index contributed by atoms with van der Waals surface area (Å²) >= 11 is 0. The molecule has 5 nitrogen and oxygen atoms in total. The molecule has 2 aromatic carbocycles. The van der Waals surface area contributed by atoms with Crippen LogP contribution in [0.5, 0.6) is 0 Å². The molecule has 1 amide bonds. The molecule has 8 heteroatoms. The molecule has 2 heterocycles. The van der Waals surface area contributed by atoms with Crippen molar-refractivity contribution in [3.8, 4) is 0 Å².